The molecule has 14 heavy (non-hydrogen) atoms. The Hall–Kier alpha value is -1.48. The van der Waals surface area contributed by atoms with E-state index in [0.717, 1.165) is 10.2 Å². The summed E-state index contributed by atoms with van der Waals surface area (Å²) in [5, 5.41) is 11.6. The van der Waals surface area contributed by atoms with Gasteiger partial charge < -0.3 is 10.6 Å². The fourth-order valence-electron chi connectivity index (χ4n) is 0.785. The van der Waals surface area contributed by atoms with Gasteiger partial charge in [-0.05, 0) is 15.9 Å². The minimum absolute atomic E-state index is 0.218. The molecule has 0 saturated heterocycles. The molecular formula is C8H9BrN4O. The number of hydrogen-bond donors (Lipinski definition) is 3. The number of aromatic nitrogens is 2. The van der Waals surface area contributed by atoms with Crippen LogP contribution in [0.5, 0.6) is 0 Å². The predicted octanol–water partition coefficient (Wildman–Crippen LogP) is 0.605. The lowest BCUT2D eigenvalue weighted by atomic mass is 10.4. The molecule has 0 aliphatic carbocycles. The third-order valence-corrected chi connectivity index (χ3v) is 2.13. The van der Waals surface area contributed by atoms with Crippen LogP contribution in [0.25, 0.3) is 0 Å². The number of halogens is 1. The molecule has 0 atom stereocenters. The molecule has 0 bridgehead atoms. The zero-order valence-corrected chi connectivity index (χ0v) is 8.89. The highest BCUT2D eigenvalue weighted by atomic mass is 79.9. The predicted molar refractivity (Wildman–Crippen MR) is 55.4 cm³/mol. The molecule has 74 valence electrons. The van der Waals surface area contributed by atoms with Crippen molar-refractivity contribution in [2.24, 2.45) is 0 Å². The van der Waals surface area contributed by atoms with Gasteiger partial charge >= 0.3 is 6.03 Å². The van der Waals surface area contributed by atoms with Crippen LogP contribution in [0, 0.1) is 12.3 Å². The SMILES string of the molecule is C#CCNC(=O)NCc1[nH]ncc1Br. The van der Waals surface area contributed by atoms with Crippen LogP contribution in [0.2, 0.25) is 0 Å². The van der Waals surface area contributed by atoms with E-state index in [2.05, 4.69) is 42.7 Å². The Balaban J connectivity index is 2.31. The van der Waals surface area contributed by atoms with Crippen LogP contribution < -0.4 is 10.6 Å². The van der Waals surface area contributed by atoms with Gasteiger partial charge in [-0.3, -0.25) is 5.10 Å². The second kappa shape index (κ2) is 5.29. The first-order valence-electron chi connectivity index (χ1n) is 3.87. The number of terminal acetylenes is 1. The third-order valence-electron chi connectivity index (χ3n) is 1.44. The van der Waals surface area contributed by atoms with E-state index >= 15 is 0 Å². The molecule has 0 spiro atoms. The Morgan fingerprint density at radius 1 is 1.71 bits per heavy atom. The summed E-state index contributed by atoms with van der Waals surface area (Å²) in [6.07, 6.45) is 6.60. The van der Waals surface area contributed by atoms with Crippen molar-refractivity contribution in [1.29, 1.82) is 0 Å². The first-order chi connectivity index (χ1) is 6.74. The number of rotatable bonds is 3. The second-order valence-electron chi connectivity index (χ2n) is 2.44. The van der Waals surface area contributed by atoms with Crippen LogP contribution >= 0.6 is 15.9 Å². The Labute approximate surface area is 89.8 Å². The summed E-state index contributed by atoms with van der Waals surface area (Å²) in [4.78, 5) is 11.0. The number of urea groups is 1. The van der Waals surface area contributed by atoms with Gasteiger partial charge in [0.05, 0.1) is 29.5 Å². The van der Waals surface area contributed by atoms with E-state index in [0.29, 0.717) is 6.54 Å². The molecule has 0 saturated carbocycles. The first kappa shape index (κ1) is 10.6. The number of hydrogen-bond acceptors (Lipinski definition) is 2. The van der Waals surface area contributed by atoms with Crippen molar-refractivity contribution >= 4 is 22.0 Å². The van der Waals surface area contributed by atoms with Gasteiger partial charge in [0, 0.05) is 0 Å². The summed E-state index contributed by atoms with van der Waals surface area (Å²) in [7, 11) is 0. The van der Waals surface area contributed by atoms with Crippen molar-refractivity contribution < 1.29 is 4.79 Å². The van der Waals surface area contributed by atoms with Crippen molar-refractivity contribution in [1.82, 2.24) is 20.8 Å². The molecule has 0 aromatic carbocycles. The van der Waals surface area contributed by atoms with E-state index in [1.54, 1.807) is 6.20 Å². The number of aromatic amines is 1. The third kappa shape index (κ3) is 3.11. The summed E-state index contributed by atoms with van der Waals surface area (Å²) >= 11 is 3.27. The van der Waals surface area contributed by atoms with Crippen LogP contribution in [0.1, 0.15) is 5.69 Å². The van der Waals surface area contributed by atoms with Crippen molar-refractivity contribution in [2.45, 2.75) is 6.54 Å². The maximum Gasteiger partial charge on any atom is 0.315 e. The van der Waals surface area contributed by atoms with E-state index in [9.17, 15) is 4.79 Å². The molecule has 0 radical (unpaired) electrons. The zero-order valence-electron chi connectivity index (χ0n) is 7.30. The molecule has 2 amide bonds. The van der Waals surface area contributed by atoms with E-state index in [-0.39, 0.29) is 12.6 Å². The summed E-state index contributed by atoms with van der Waals surface area (Å²) < 4.78 is 0.828. The van der Waals surface area contributed by atoms with Crippen molar-refractivity contribution in [3.8, 4) is 12.3 Å². The second-order valence-corrected chi connectivity index (χ2v) is 3.29. The van der Waals surface area contributed by atoms with E-state index in [1.165, 1.54) is 0 Å². The molecule has 0 fully saturated rings. The molecule has 5 nitrogen and oxygen atoms in total. The van der Waals surface area contributed by atoms with Gasteiger partial charge in [0.2, 0.25) is 0 Å². The van der Waals surface area contributed by atoms with Crippen LogP contribution in [0.4, 0.5) is 4.79 Å². The van der Waals surface area contributed by atoms with Gasteiger partial charge in [-0.15, -0.1) is 6.42 Å². The maximum atomic E-state index is 11.0. The fourth-order valence-corrected chi connectivity index (χ4v) is 1.12. The number of H-pyrrole nitrogens is 1. The molecule has 1 aromatic rings. The summed E-state index contributed by atoms with van der Waals surface area (Å²) in [6.45, 7) is 0.590. The van der Waals surface area contributed by atoms with Gasteiger partial charge in [-0.2, -0.15) is 5.10 Å². The Kier molecular flexibility index (Phi) is 4.01. The standard InChI is InChI=1S/C8H9BrN4O/c1-2-3-10-8(14)11-5-7-6(9)4-12-13-7/h1,4H,3,5H2,(H,12,13)(H2,10,11,14). The molecule has 3 N–H and O–H groups in total. The first-order valence-corrected chi connectivity index (χ1v) is 4.66. The van der Waals surface area contributed by atoms with Crippen LogP contribution in [0.15, 0.2) is 10.7 Å². The lowest BCUT2D eigenvalue weighted by Crippen LogP contribution is -2.35. The molecule has 0 aliphatic heterocycles. The van der Waals surface area contributed by atoms with Gasteiger partial charge in [0.1, 0.15) is 0 Å². The lowest BCUT2D eigenvalue weighted by Gasteiger charge is -2.03. The van der Waals surface area contributed by atoms with Gasteiger partial charge in [-0.1, -0.05) is 5.92 Å². The average molecular weight is 257 g/mol. The smallest absolute Gasteiger partial charge is 0.315 e. The molecule has 6 heteroatoms. The number of nitrogens with one attached hydrogen (secondary N) is 3. The summed E-state index contributed by atoms with van der Waals surface area (Å²) in [6, 6.07) is -0.301. The lowest BCUT2D eigenvalue weighted by molar-refractivity contribution is 0.241. The zero-order chi connectivity index (χ0) is 10.4. The largest absolute Gasteiger partial charge is 0.332 e. The van der Waals surface area contributed by atoms with Crippen LogP contribution in [0.3, 0.4) is 0 Å². The van der Waals surface area contributed by atoms with E-state index in [4.69, 9.17) is 6.42 Å². The van der Waals surface area contributed by atoms with E-state index < -0.39 is 0 Å². The number of nitrogens with zero attached hydrogens (tertiary/aromatic N) is 1. The number of carbonyl (C=O) groups excluding carboxylic acids is 1. The monoisotopic (exact) mass is 256 g/mol. The van der Waals surface area contributed by atoms with Gasteiger partial charge in [0.15, 0.2) is 0 Å². The molecule has 1 heterocycles. The number of amides is 2. The quantitative estimate of drug-likeness (QED) is 0.694. The normalized spacial score (nSPS) is 9.14. The molecule has 0 unspecified atom stereocenters. The maximum absolute atomic E-state index is 11.0. The van der Waals surface area contributed by atoms with Crippen LogP contribution in [-0.2, 0) is 6.54 Å². The summed E-state index contributed by atoms with van der Waals surface area (Å²) in [5.41, 5.74) is 0.806. The average Bonchev–Trinajstić information content (AvgIpc) is 2.58. The van der Waals surface area contributed by atoms with E-state index in [1.807, 2.05) is 0 Å². The van der Waals surface area contributed by atoms with Crippen LogP contribution in [-0.4, -0.2) is 22.8 Å². The number of carbonyl (C=O) groups is 1. The molecule has 1 rings (SSSR count). The van der Waals surface area contributed by atoms with Gasteiger partial charge in [0.25, 0.3) is 0 Å². The Morgan fingerprint density at radius 3 is 3.07 bits per heavy atom. The highest BCUT2D eigenvalue weighted by Crippen LogP contribution is 2.11. The summed E-state index contributed by atoms with van der Waals surface area (Å²) in [5.74, 6) is 2.30. The highest BCUT2D eigenvalue weighted by Gasteiger charge is 2.03. The Morgan fingerprint density at radius 2 is 2.50 bits per heavy atom. The fraction of sp³-hybridized carbons (Fsp3) is 0.250. The molecule has 0 aliphatic rings. The minimum Gasteiger partial charge on any atom is -0.332 e. The topological polar surface area (TPSA) is 69.8 Å². The van der Waals surface area contributed by atoms with Gasteiger partial charge in [-0.25, -0.2) is 4.79 Å². The van der Waals surface area contributed by atoms with Crippen molar-refractivity contribution in [3.05, 3.63) is 16.4 Å². The Bertz CT molecular complexity index is 354. The van der Waals surface area contributed by atoms with Crippen molar-refractivity contribution in [3.63, 3.8) is 0 Å². The minimum atomic E-state index is -0.301. The molecule has 1 aromatic heterocycles. The highest BCUT2D eigenvalue weighted by molar-refractivity contribution is 9.10. The van der Waals surface area contributed by atoms with Crippen molar-refractivity contribution in [2.75, 3.05) is 6.54 Å². The molecular weight excluding hydrogens is 248 g/mol.